The number of halogens is 2. The summed E-state index contributed by atoms with van der Waals surface area (Å²) in [6, 6.07) is 30.0. The molecule has 0 saturated heterocycles. The van der Waals surface area contributed by atoms with E-state index in [4.69, 9.17) is 0 Å². The normalized spacial score (nSPS) is 11.2. The first-order valence-corrected chi connectivity index (χ1v) is 14.2. The largest absolute Gasteiger partial charge is 0.478 e. The molecule has 164 valence electrons. The van der Waals surface area contributed by atoms with Crippen LogP contribution in [0.15, 0.2) is 97.1 Å². The number of hydrogen-bond donors (Lipinski definition) is 2. The molecule has 0 aliphatic carbocycles. The van der Waals surface area contributed by atoms with Crippen LogP contribution < -0.4 is 20.7 Å². The standard InChI is InChI=1S/C26H18I2O4Si/c27-21-15-7-13-19(25(29)30)23(21)33(17-9-3-1-4-10-17,18-11-5-2-6-12-18)24-20(26(31)32)14-8-16-22(24)28/h1-16H,(H,29,30)(H,31,32). The third kappa shape index (κ3) is 4.13. The van der Waals surface area contributed by atoms with Gasteiger partial charge in [0, 0.05) is 7.14 Å². The quantitative estimate of drug-likeness (QED) is 0.186. The number of rotatable bonds is 6. The molecule has 0 aliphatic rings. The highest BCUT2D eigenvalue weighted by molar-refractivity contribution is 14.1. The molecule has 4 aromatic carbocycles. The van der Waals surface area contributed by atoms with E-state index < -0.39 is 20.0 Å². The minimum Gasteiger partial charge on any atom is -0.478 e. The number of carboxylic acids is 2. The molecule has 0 atom stereocenters. The van der Waals surface area contributed by atoms with Crippen LogP contribution in [0, 0.1) is 7.14 Å². The van der Waals surface area contributed by atoms with Gasteiger partial charge in [0.25, 0.3) is 0 Å². The Morgan fingerprint density at radius 1 is 0.545 bits per heavy atom. The maximum absolute atomic E-state index is 12.5. The number of carboxylic acid groups (broad SMARTS) is 2. The van der Waals surface area contributed by atoms with Gasteiger partial charge in [-0.2, -0.15) is 0 Å². The van der Waals surface area contributed by atoms with Gasteiger partial charge in [-0.3, -0.25) is 0 Å². The Hall–Kier alpha value is -2.50. The molecule has 4 aromatic rings. The predicted molar refractivity (Wildman–Crippen MR) is 149 cm³/mol. The number of benzene rings is 4. The second-order valence-corrected chi connectivity index (χ2v) is 13.4. The van der Waals surface area contributed by atoms with E-state index in [0.29, 0.717) is 10.4 Å². The molecule has 0 aliphatic heterocycles. The van der Waals surface area contributed by atoms with Gasteiger partial charge in [-0.05, 0) is 90.2 Å². The molecule has 4 nitrogen and oxygen atoms in total. The first-order valence-electron chi connectivity index (χ1n) is 10.0. The van der Waals surface area contributed by atoms with Gasteiger partial charge in [-0.15, -0.1) is 0 Å². The molecule has 0 unspecified atom stereocenters. The van der Waals surface area contributed by atoms with E-state index in [0.717, 1.165) is 17.5 Å². The van der Waals surface area contributed by atoms with Gasteiger partial charge >= 0.3 is 11.9 Å². The van der Waals surface area contributed by atoms with E-state index in [-0.39, 0.29) is 11.1 Å². The smallest absolute Gasteiger partial charge is 0.335 e. The molecule has 0 radical (unpaired) electrons. The van der Waals surface area contributed by atoms with E-state index in [9.17, 15) is 19.8 Å². The molecule has 0 fully saturated rings. The van der Waals surface area contributed by atoms with Crippen molar-refractivity contribution < 1.29 is 19.8 Å². The summed E-state index contributed by atoms with van der Waals surface area (Å²) in [6.07, 6.45) is 0. The minimum atomic E-state index is -3.38. The van der Waals surface area contributed by atoms with Crippen LogP contribution >= 0.6 is 45.2 Å². The topological polar surface area (TPSA) is 74.6 Å². The zero-order valence-electron chi connectivity index (χ0n) is 17.2. The summed E-state index contributed by atoms with van der Waals surface area (Å²) < 4.78 is 1.59. The SMILES string of the molecule is O=C(O)c1cccc(I)c1[Si](c1ccccc1)(c1ccccc1)c1c(I)cccc1C(=O)O. The van der Waals surface area contributed by atoms with E-state index in [2.05, 4.69) is 45.2 Å². The summed E-state index contributed by atoms with van der Waals surface area (Å²) in [6.45, 7) is 0. The maximum Gasteiger partial charge on any atom is 0.335 e. The first-order chi connectivity index (χ1) is 15.9. The molecule has 4 rings (SSSR count). The summed E-state index contributed by atoms with van der Waals surface area (Å²) in [5, 5.41) is 23.7. The highest BCUT2D eigenvalue weighted by atomic mass is 127. The Morgan fingerprint density at radius 2 is 0.909 bits per heavy atom. The van der Waals surface area contributed by atoms with Crippen LogP contribution in [0.3, 0.4) is 0 Å². The summed E-state index contributed by atoms with van der Waals surface area (Å²) in [4.78, 5) is 25.0. The fourth-order valence-electron chi connectivity index (χ4n) is 4.41. The van der Waals surface area contributed by atoms with Crippen molar-refractivity contribution >= 4 is 85.9 Å². The summed E-state index contributed by atoms with van der Waals surface area (Å²) in [5.41, 5.74) is 0.384. The van der Waals surface area contributed by atoms with Crippen molar-refractivity contribution in [1.82, 2.24) is 0 Å². The summed E-state index contributed by atoms with van der Waals surface area (Å²) in [5.74, 6) is -2.06. The third-order valence-electron chi connectivity index (χ3n) is 5.65. The van der Waals surface area contributed by atoms with Crippen molar-refractivity contribution in [2.45, 2.75) is 0 Å². The first kappa shape index (κ1) is 23.6. The lowest BCUT2D eigenvalue weighted by molar-refractivity contribution is 0.0688. The van der Waals surface area contributed by atoms with Crippen molar-refractivity contribution in [2.75, 3.05) is 0 Å². The van der Waals surface area contributed by atoms with Crippen LogP contribution in [-0.2, 0) is 0 Å². The van der Waals surface area contributed by atoms with Gasteiger partial charge < -0.3 is 10.2 Å². The van der Waals surface area contributed by atoms with E-state index in [1.807, 2.05) is 72.8 Å². The van der Waals surface area contributed by atoms with Crippen LogP contribution in [0.4, 0.5) is 0 Å². The van der Waals surface area contributed by atoms with Gasteiger partial charge in [0.15, 0.2) is 8.07 Å². The van der Waals surface area contributed by atoms with Crippen LogP contribution in [0.2, 0.25) is 0 Å². The Morgan fingerprint density at radius 3 is 1.24 bits per heavy atom. The highest BCUT2D eigenvalue weighted by Crippen LogP contribution is 2.20. The van der Waals surface area contributed by atoms with Crippen molar-refractivity contribution in [3.8, 4) is 0 Å². The third-order valence-corrected chi connectivity index (χ3v) is 13.4. The molecule has 0 aromatic heterocycles. The molecule has 7 heteroatoms. The molecule has 0 bridgehead atoms. The molecule has 0 saturated carbocycles. The number of carbonyl (C=O) groups is 2. The average Bonchev–Trinajstić information content (AvgIpc) is 2.82. The van der Waals surface area contributed by atoms with Crippen LogP contribution in [-0.4, -0.2) is 30.2 Å². The Kier molecular flexibility index (Phi) is 7.01. The molecule has 33 heavy (non-hydrogen) atoms. The highest BCUT2D eigenvalue weighted by Gasteiger charge is 2.48. The fraction of sp³-hybridized carbons (Fsp3) is 0. The summed E-state index contributed by atoms with van der Waals surface area (Å²) in [7, 11) is -3.38. The van der Waals surface area contributed by atoms with E-state index in [1.54, 1.807) is 24.3 Å². The van der Waals surface area contributed by atoms with Crippen molar-refractivity contribution in [2.24, 2.45) is 0 Å². The fourth-order valence-corrected chi connectivity index (χ4v) is 13.0. The molecule has 0 heterocycles. The average molecular weight is 676 g/mol. The van der Waals surface area contributed by atoms with Crippen molar-refractivity contribution in [3.63, 3.8) is 0 Å². The second kappa shape index (κ2) is 9.78. The van der Waals surface area contributed by atoms with Crippen LogP contribution in [0.25, 0.3) is 0 Å². The predicted octanol–water partition coefficient (Wildman–Crippen LogP) is 3.67. The van der Waals surface area contributed by atoms with Gasteiger partial charge in [0.1, 0.15) is 0 Å². The van der Waals surface area contributed by atoms with Crippen LogP contribution in [0.5, 0.6) is 0 Å². The van der Waals surface area contributed by atoms with Gasteiger partial charge in [-0.1, -0.05) is 72.8 Å². The van der Waals surface area contributed by atoms with Gasteiger partial charge in [0.05, 0.1) is 11.1 Å². The van der Waals surface area contributed by atoms with Gasteiger partial charge in [-0.25, -0.2) is 9.59 Å². The lowest BCUT2D eigenvalue weighted by atomic mass is 10.2. The summed E-state index contributed by atoms with van der Waals surface area (Å²) >= 11 is 4.37. The molecular formula is C26H18I2O4Si. The van der Waals surface area contributed by atoms with Crippen molar-refractivity contribution in [3.05, 3.63) is 115 Å². The Bertz CT molecular complexity index is 1240. The molecule has 2 N–H and O–H groups in total. The van der Waals surface area contributed by atoms with Gasteiger partial charge in [0.2, 0.25) is 0 Å². The second-order valence-electron chi connectivity index (χ2n) is 7.42. The van der Waals surface area contributed by atoms with Crippen molar-refractivity contribution in [1.29, 1.82) is 0 Å². The van der Waals surface area contributed by atoms with E-state index in [1.165, 1.54) is 0 Å². The Labute approximate surface area is 219 Å². The number of aromatic carboxylic acids is 2. The minimum absolute atomic E-state index is 0.192. The lowest BCUT2D eigenvalue weighted by Crippen LogP contribution is -2.77. The van der Waals surface area contributed by atoms with E-state index >= 15 is 0 Å². The molecule has 0 amide bonds. The zero-order valence-corrected chi connectivity index (χ0v) is 22.5. The Balaban J connectivity index is 2.35. The lowest BCUT2D eigenvalue weighted by Gasteiger charge is -2.37. The van der Waals surface area contributed by atoms with Crippen LogP contribution in [0.1, 0.15) is 20.7 Å². The molecular weight excluding hydrogens is 658 g/mol. The molecule has 0 spiro atoms. The maximum atomic E-state index is 12.5. The zero-order chi connectivity index (χ0) is 23.6. The monoisotopic (exact) mass is 676 g/mol. The number of hydrogen-bond acceptors (Lipinski definition) is 2.